The van der Waals surface area contributed by atoms with Crippen molar-refractivity contribution in [2.45, 2.75) is 33.6 Å². The van der Waals surface area contributed by atoms with E-state index in [0.29, 0.717) is 18.1 Å². The molecule has 0 bridgehead atoms. The summed E-state index contributed by atoms with van der Waals surface area (Å²) in [4.78, 5) is 11.4. The summed E-state index contributed by atoms with van der Waals surface area (Å²) in [5.74, 6) is 0.688. The lowest BCUT2D eigenvalue weighted by Crippen LogP contribution is -2.17. The highest BCUT2D eigenvalue weighted by Gasteiger charge is 2.22. The Morgan fingerprint density at radius 2 is 2.00 bits per heavy atom. The molecule has 1 rings (SSSR count). The molecule has 0 aromatic carbocycles. The van der Waals surface area contributed by atoms with E-state index in [1.807, 2.05) is 20.8 Å². The molecule has 66 valence electrons. The minimum absolute atomic E-state index is 0.298. The zero-order valence-corrected chi connectivity index (χ0v) is 8.11. The van der Waals surface area contributed by atoms with Gasteiger partial charge in [-0.3, -0.25) is 4.79 Å². The van der Waals surface area contributed by atoms with Gasteiger partial charge in [-0.15, -0.1) is 0 Å². The zero-order valence-electron chi connectivity index (χ0n) is 8.11. The quantitative estimate of drug-likeness (QED) is 0.545. The Hall–Kier alpha value is -0.850. The van der Waals surface area contributed by atoms with Gasteiger partial charge in [0.25, 0.3) is 0 Å². The van der Waals surface area contributed by atoms with Crippen LogP contribution in [0.5, 0.6) is 0 Å². The van der Waals surface area contributed by atoms with Crippen LogP contribution in [0.4, 0.5) is 0 Å². The van der Waals surface area contributed by atoms with Crippen molar-refractivity contribution in [2.24, 2.45) is 5.92 Å². The van der Waals surface area contributed by atoms with E-state index in [4.69, 9.17) is 0 Å². The van der Waals surface area contributed by atoms with Gasteiger partial charge in [0, 0.05) is 6.42 Å². The van der Waals surface area contributed by atoms with Gasteiger partial charge in [0.2, 0.25) is 0 Å². The van der Waals surface area contributed by atoms with Crippen molar-refractivity contribution >= 4 is 5.78 Å². The molecule has 12 heavy (non-hydrogen) atoms. The molecule has 0 fully saturated rings. The van der Waals surface area contributed by atoms with Gasteiger partial charge in [-0.2, -0.15) is 0 Å². The smallest absolute Gasteiger partial charge is 0.159 e. The molecular weight excluding hydrogens is 148 g/mol. The number of hydrogen-bond acceptors (Lipinski definition) is 1. The van der Waals surface area contributed by atoms with Crippen LogP contribution in [0.15, 0.2) is 23.3 Å². The lowest BCUT2D eigenvalue weighted by atomic mass is 9.81. The lowest BCUT2D eigenvalue weighted by Gasteiger charge is -2.23. The molecular formula is C11H16O. The normalized spacial score (nSPS) is 24.6. The summed E-state index contributed by atoms with van der Waals surface area (Å²) in [6.45, 7) is 9.87. The fourth-order valence-electron chi connectivity index (χ4n) is 1.56. The Labute approximate surface area is 74.2 Å². The van der Waals surface area contributed by atoms with E-state index in [0.717, 1.165) is 17.6 Å². The minimum atomic E-state index is 0.298. The maximum Gasteiger partial charge on any atom is 0.159 e. The third kappa shape index (κ3) is 1.66. The summed E-state index contributed by atoms with van der Waals surface area (Å²) in [6, 6.07) is 0. The van der Waals surface area contributed by atoms with Crippen LogP contribution in [0, 0.1) is 5.92 Å². The molecule has 0 spiro atoms. The third-order valence-corrected chi connectivity index (χ3v) is 2.74. The van der Waals surface area contributed by atoms with Crippen LogP contribution in [0.25, 0.3) is 0 Å². The van der Waals surface area contributed by atoms with Crippen molar-refractivity contribution in [1.29, 1.82) is 0 Å². The van der Waals surface area contributed by atoms with Crippen LogP contribution in [0.1, 0.15) is 33.6 Å². The maximum absolute atomic E-state index is 11.4. The van der Waals surface area contributed by atoms with Crippen molar-refractivity contribution in [3.63, 3.8) is 0 Å². The lowest BCUT2D eigenvalue weighted by molar-refractivity contribution is -0.116. The molecule has 0 heterocycles. The molecule has 0 aliphatic heterocycles. The maximum atomic E-state index is 11.4. The second-order valence-electron chi connectivity index (χ2n) is 3.78. The third-order valence-electron chi connectivity index (χ3n) is 2.74. The largest absolute Gasteiger partial charge is 0.295 e. The van der Waals surface area contributed by atoms with Gasteiger partial charge in [0.1, 0.15) is 0 Å². The van der Waals surface area contributed by atoms with Crippen LogP contribution in [0.2, 0.25) is 0 Å². The predicted octanol–water partition coefficient (Wildman–Crippen LogP) is 2.88. The number of hydrogen-bond donors (Lipinski definition) is 0. The van der Waals surface area contributed by atoms with Crippen molar-refractivity contribution < 1.29 is 4.79 Å². The number of carbonyl (C=O) groups is 1. The van der Waals surface area contributed by atoms with Crippen molar-refractivity contribution in [3.05, 3.63) is 23.3 Å². The second-order valence-corrected chi connectivity index (χ2v) is 3.78. The van der Waals surface area contributed by atoms with Crippen molar-refractivity contribution in [2.75, 3.05) is 0 Å². The molecule has 0 amide bonds. The number of ketones is 1. The summed E-state index contributed by atoms with van der Waals surface area (Å²) in [6.07, 6.45) is 1.69. The summed E-state index contributed by atoms with van der Waals surface area (Å²) in [5, 5.41) is 0. The Morgan fingerprint density at radius 1 is 1.42 bits per heavy atom. The van der Waals surface area contributed by atoms with Gasteiger partial charge in [-0.05, 0) is 38.7 Å². The van der Waals surface area contributed by atoms with E-state index < -0.39 is 0 Å². The van der Waals surface area contributed by atoms with E-state index in [-0.39, 0.29) is 0 Å². The highest BCUT2D eigenvalue weighted by molar-refractivity contribution is 5.96. The first-order valence-corrected chi connectivity index (χ1v) is 4.37. The molecule has 0 aromatic rings. The molecule has 1 aliphatic carbocycles. The van der Waals surface area contributed by atoms with E-state index >= 15 is 0 Å². The van der Waals surface area contributed by atoms with Gasteiger partial charge in [-0.1, -0.05) is 17.7 Å². The molecule has 0 aromatic heterocycles. The van der Waals surface area contributed by atoms with Gasteiger partial charge < -0.3 is 0 Å². The topological polar surface area (TPSA) is 17.1 Å². The molecule has 0 saturated heterocycles. The van der Waals surface area contributed by atoms with Crippen LogP contribution >= 0.6 is 0 Å². The summed E-state index contributed by atoms with van der Waals surface area (Å²) in [5.41, 5.74) is 3.34. The summed E-state index contributed by atoms with van der Waals surface area (Å²) < 4.78 is 0. The number of rotatable bonds is 1. The highest BCUT2D eigenvalue weighted by atomic mass is 16.1. The molecule has 0 radical (unpaired) electrons. The van der Waals surface area contributed by atoms with Crippen molar-refractivity contribution in [3.8, 4) is 0 Å². The molecule has 1 heteroatoms. The van der Waals surface area contributed by atoms with Gasteiger partial charge in [0.15, 0.2) is 5.78 Å². The SMILES string of the molecule is C=C(C)C1CC(=O)C(C)=C(C)C1. The zero-order chi connectivity index (χ0) is 9.30. The average Bonchev–Trinajstić information content (AvgIpc) is 1.99. The average molecular weight is 164 g/mol. The molecule has 0 N–H and O–H groups in total. The van der Waals surface area contributed by atoms with E-state index in [9.17, 15) is 4.79 Å². The molecule has 1 atom stereocenters. The van der Waals surface area contributed by atoms with Crippen LogP contribution in [0.3, 0.4) is 0 Å². The number of Topliss-reactive ketones (excluding diaryl/α,β-unsaturated/α-hetero) is 1. The summed E-state index contributed by atoms with van der Waals surface area (Å²) in [7, 11) is 0. The van der Waals surface area contributed by atoms with Crippen LogP contribution in [-0.4, -0.2) is 5.78 Å². The molecule has 1 aliphatic rings. The van der Waals surface area contributed by atoms with Gasteiger partial charge in [-0.25, -0.2) is 0 Å². The van der Waals surface area contributed by atoms with Crippen LogP contribution in [-0.2, 0) is 4.79 Å². The first kappa shape index (κ1) is 9.24. The predicted molar refractivity (Wildman–Crippen MR) is 50.9 cm³/mol. The van der Waals surface area contributed by atoms with E-state index in [1.165, 1.54) is 5.57 Å². The first-order valence-electron chi connectivity index (χ1n) is 4.37. The fourth-order valence-corrected chi connectivity index (χ4v) is 1.56. The first-order chi connectivity index (χ1) is 5.52. The fraction of sp³-hybridized carbons (Fsp3) is 0.545. The molecule has 1 unspecified atom stereocenters. The second kappa shape index (κ2) is 3.26. The van der Waals surface area contributed by atoms with Gasteiger partial charge >= 0.3 is 0 Å². The van der Waals surface area contributed by atoms with Crippen LogP contribution < -0.4 is 0 Å². The summed E-state index contributed by atoms with van der Waals surface area (Å²) >= 11 is 0. The Morgan fingerprint density at radius 3 is 2.42 bits per heavy atom. The van der Waals surface area contributed by atoms with E-state index in [1.54, 1.807) is 0 Å². The van der Waals surface area contributed by atoms with Crippen molar-refractivity contribution in [1.82, 2.24) is 0 Å². The Balaban J connectivity index is 2.85. The molecule has 0 saturated carbocycles. The monoisotopic (exact) mass is 164 g/mol. The Bertz CT molecular complexity index is 258. The standard InChI is InChI=1S/C11H16O/c1-7(2)10-5-8(3)9(4)11(12)6-10/h10H,1,5-6H2,2-4H3. The Kier molecular flexibility index (Phi) is 2.51. The van der Waals surface area contributed by atoms with E-state index in [2.05, 4.69) is 6.58 Å². The minimum Gasteiger partial charge on any atom is -0.295 e. The molecule has 1 nitrogen and oxygen atoms in total. The van der Waals surface area contributed by atoms with Gasteiger partial charge in [0.05, 0.1) is 0 Å². The number of carbonyl (C=O) groups excluding carboxylic acids is 1. The number of allylic oxidation sites excluding steroid dienone is 3. The highest BCUT2D eigenvalue weighted by Crippen LogP contribution is 2.30.